The summed E-state index contributed by atoms with van der Waals surface area (Å²) in [4.78, 5) is 11.5. The van der Waals surface area contributed by atoms with Crippen molar-refractivity contribution in [1.29, 1.82) is 0 Å². The van der Waals surface area contributed by atoms with Crippen molar-refractivity contribution in [2.24, 2.45) is 11.8 Å². The Morgan fingerprint density at radius 2 is 2.40 bits per heavy atom. The number of hydrogen-bond donors (Lipinski definition) is 2. The second kappa shape index (κ2) is 4.94. The maximum absolute atomic E-state index is 11.5. The van der Waals surface area contributed by atoms with Crippen molar-refractivity contribution in [3.05, 3.63) is 0 Å². The van der Waals surface area contributed by atoms with Crippen LogP contribution in [0.25, 0.3) is 0 Å². The summed E-state index contributed by atoms with van der Waals surface area (Å²) in [6.45, 7) is 5.36. The summed E-state index contributed by atoms with van der Waals surface area (Å²) >= 11 is 0. The number of carbonyl (C=O) groups is 1. The Bertz CT molecular complexity index is 227. The highest BCUT2D eigenvalue weighted by atomic mass is 16.5. The molecule has 1 saturated carbocycles. The summed E-state index contributed by atoms with van der Waals surface area (Å²) in [6.07, 6.45) is 1.81. The van der Waals surface area contributed by atoms with E-state index >= 15 is 0 Å². The lowest BCUT2D eigenvalue weighted by atomic mass is 10.2. The van der Waals surface area contributed by atoms with Gasteiger partial charge in [0.05, 0.1) is 13.2 Å². The van der Waals surface area contributed by atoms with Gasteiger partial charge in [-0.1, -0.05) is 6.92 Å². The monoisotopic (exact) mass is 212 g/mol. The van der Waals surface area contributed by atoms with E-state index in [9.17, 15) is 4.79 Å². The first-order valence-electron chi connectivity index (χ1n) is 5.83. The molecule has 0 aromatic carbocycles. The summed E-state index contributed by atoms with van der Waals surface area (Å²) in [7, 11) is 0. The number of nitrogens with one attached hydrogen (secondary N) is 2. The molecule has 3 unspecified atom stereocenters. The fourth-order valence-electron chi connectivity index (χ4n) is 1.98. The molecule has 86 valence electrons. The molecule has 1 amide bonds. The normalized spacial score (nSPS) is 34.9. The molecule has 0 radical (unpaired) electrons. The summed E-state index contributed by atoms with van der Waals surface area (Å²) in [5, 5.41) is 6.26. The molecule has 1 heterocycles. The summed E-state index contributed by atoms with van der Waals surface area (Å²) in [5.41, 5.74) is 0. The molecule has 1 aliphatic heterocycles. The molecule has 2 rings (SSSR count). The van der Waals surface area contributed by atoms with Gasteiger partial charge in [-0.15, -0.1) is 0 Å². The highest BCUT2D eigenvalue weighted by molar-refractivity contribution is 5.76. The van der Waals surface area contributed by atoms with Crippen LogP contribution in [0.15, 0.2) is 0 Å². The van der Waals surface area contributed by atoms with Crippen molar-refractivity contribution in [3.63, 3.8) is 0 Å². The van der Waals surface area contributed by atoms with Crippen molar-refractivity contribution in [2.45, 2.75) is 25.8 Å². The zero-order valence-corrected chi connectivity index (χ0v) is 9.29. The van der Waals surface area contributed by atoms with Crippen LogP contribution in [0.5, 0.6) is 0 Å². The van der Waals surface area contributed by atoms with Crippen molar-refractivity contribution in [3.8, 4) is 0 Å². The van der Waals surface area contributed by atoms with Gasteiger partial charge in [0.1, 0.15) is 0 Å². The lowest BCUT2D eigenvalue weighted by Crippen LogP contribution is -2.44. The van der Waals surface area contributed by atoms with Gasteiger partial charge in [0.15, 0.2) is 0 Å². The SMILES string of the molecule is CC1CC1CNC(=O)CC1COCCN1. The van der Waals surface area contributed by atoms with Crippen LogP contribution in [-0.4, -0.2) is 38.3 Å². The summed E-state index contributed by atoms with van der Waals surface area (Å²) in [5.74, 6) is 1.68. The quantitative estimate of drug-likeness (QED) is 0.697. The van der Waals surface area contributed by atoms with Gasteiger partial charge < -0.3 is 15.4 Å². The van der Waals surface area contributed by atoms with Crippen LogP contribution in [0.4, 0.5) is 0 Å². The van der Waals surface area contributed by atoms with Crippen LogP contribution in [0, 0.1) is 11.8 Å². The van der Waals surface area contributed by atoms with Crippen LogP contribution in [0.1, 0.15) is 19.8 Å². The van der Waals surface area contributed by atoms with Gasteiger partial charge in [0.25, 0.3) is 0 Å². The third-order valence-corrected chi connectivity index (χ3v) is 3.27. The Kier molecular flexibility index (Phi) is 3.59. The predicted molar refractivity (Wildman–Crippen MR) is 57.5 cm³/mol. The van der Waals surface area contributed by atoms with E-state index in [2.05, 4.69) is 17.6 Å². The number of amides is 1. The van der Waals surface area contributed by atoms with Crippen LogP contribution in [-0.2, 0) is 9.53 Å². The third kappa shape index (κ3) is 3.47. The Labute approximate surface area is 90.8 Å². The molecule has 4 nitrogen and oxygen atoms in total. The zero-order chi connectivity index (χ0) is 10.7. The Hall–Kier alpha value is -0.610. The van der Waals surface area contributed by atoms with Gasteiger partial charge in [0, 0.05) is 25.6 Å². The number of hydrogen-bond acceptors (Lipinski definition) is 3. The molecule has 0 aromatic heterocycles. The molecule has 4 heteroatoms. The highest BCUT2D eigenvalue weighted by Crippen LogP contribution is 2.36. The van der Waals surface area contributed by atoms with Crippen molar-refractivity contribution in [2.75, 3.05) is 26.3 Å². The van der Waals surface area contributed by atoms with E-state index in [-0.39, 0.29) is 11.9 Å². The van der Waals surface area contributed by atoms with Gasteiger partial charge in [-0.05, 0) is 18.3 Å². The van der Waals surface area contributed by atoms with Gasteiger partial charge >= 0.3 is 0 Å². The summed E-state index contributed by atoms with van der Waals surface area (Å²) < 4.78 is 5.30. The molecule has 15 heavy (non-hydrogen) atoms. The number of morpholine rings is 1. The van der Waals surface area contributed by atoms with Crippen molar-refractivity contribution < 1.29 is 9.53 Å². The predicted octanol–water partition coefficient (Wildman–Crippen LogP) is 0.137. The molecule has 1 aliphatic carbocycles. The van der Waals surface area contributed by atoms with Gasteiger partial charge in [-0.2, -0.15) is 0 Å². The molecular weight excluding hydrogens is 192 g/mol. The van der Waals surface area contributed by atoms with Crippen LogP contribution in [0.2, 0.25) is 0 Å². The third-order valence-electron chi connectivity index (χ3n) is 3.27. The molecule has 0 bridgehead atoms. The zero-order valence-electron chi connectivity index (χ0n) is 9.29. The van der Waals surface area contributed by atoms with Gasteiger partial charge in [-0.25, -0.2) is 0 Å². The Balaban J connectivity index is 1.59. The minimum atomic E-state index is 0.150. The van der Waals surface area contributed by atoms with Crippen LogP contribution in [0.3, 0.4) is 0 Å². The van der Waals surface area contributed by atoms with E-state index in [1.807, 2.05) is 0 Å². The number of carbonyl (C=O) groups excluding carboxylic acids is 1. The molecular formula is C11H20N2O2. The first-order valence-corrected chi connectivity index (χ1v) is 5.83. The standard InChI is InChI=1S/C11H20N2O2/c1-8-4-9(8)6-13-11(14)5-10-7-15-3-2-12-10/h8-10,12H,2-7H2,1H3,(H,13,14). The fourth-order valence-corrected chi connectivity index (χ4v) is 1.98. The molecule has 1 saturated heterocycles. The van der Waals surface area contributed by atoms with E-state index in [1.165, 1.54) is 6.42 Å². The Morgan fingerprint density at radius 3 is 3.00 bits per heavy atom. The second-order valence-electron chi connectivity index (χ2n) is 4.71. The first-order chi connectivity index (χ1) is 7.25. The molecule has 2 aliphatic rings. The average molecular weight is 212 g/mol. The second-order valence-corrected chi connectivity index (χ2v) is 4.71. The maximum atomic E-state index is 11.5. The molecule has 2 N–H and O–H groups in total. The summed E-state index contributed by atoms with van der Waals surface area (Å²) in [6, 6.07) is 0.204. The van der Waals surface area contributed by atoms with E-state index in [0.717, 1.165) is 31.5 Å². The lowest BCUT2D eigenvalue weighted by molar-refractivity contribution is -0.122. The minimum Gasteiger partial charge on any atom is -0.378 e. The van der Waals surface area contributed by atoms with Crippen LogP contribution < -0.4 is 10.6 Å². The van der Waals surface area contributed by atoms with Crippen LogP contribution >= 0.6 is 0 Å². The van der Waals surface area contributed by atoms with Gasteiger partial charge in [0.2, 0.25) is 5.91 Å². The van der Waals surface area contributed by atoms with Crippen molar-refractivity contribution in [1.82, 2.24) is 10.6 Å². The molecule has 0 aromatic rings. The fraction of sp³-hybridized carbons (Fsp3) is 0.909. The number of rotatable bonds is 4. The lowest BCUT2D eigenvalue weighted by Gasteiger charge is -2.23. The topological polar surface area (TPSA) is 50.4 Å². The Morgan fingerprint density at radius 1 is 1.60 bits per heavy atom. The maximum Gasteiger partial charge on any atom is 0.221 e. The van der Waals surface area contributed by atoms with Gasteiger partial charge in [-0.3, -0.25) is 4.79 Å². The molecule has 0 spiro atoms. The van der Waals surface area contributed by atoms with E-state index in [1.54, 1.807) is 0 Å². The van der Waals surface area contributed by atoms with E-state index in [4.69, 9.17) is 4.74 Å². The molecule has 2 fully saturated rings. The van der Waals surface area contributed by atoms with E-state index < -0.39 is 0 Å². The largest absolute Gasteiger partial charge is 0.378 e. The van der Waals surface area contributed by atoms with E-state index in [0.29, 0.717) is 13.0 Å². The molecule has 3 atom stereocenters. The number of ether oxygens (including phenoxy) is 1. The minimum absolute atomic E-state index is 0.150. The first kappa shape index (κ1) is 10.9. The smallest absolute Gasteiger partial charge is 0.221 e. The van der Waals surface area contributed by atoms with Crippen molar-refractivity contribution >= 4 is 5.91 Å². The average Bonchev–Trinajstić information content (AvgIpc) is 2.93. The highest BCUT2D eigenvalue weighted by Gasteiger charge is 2.32.